The van der Waals surface area contributed by atoms with Gasteiger partial charge < -0.3 is 14.8 Å². The van der Waals surface area contributed by atoms with Gasteiger partial charge in [0.2, 0.25) is 5.82 Å². The van der Waals surface area contributed by atoms with Gasteiger partial charge in [0, 0.05) is 23.7 Å². The summed E-state index contributed by atoms with van der Waals surface area (Å²) in [6, 6.07) is 3.62. The summed E-state index contributed by atoms with van der Waals surface area (Å²) in [7, 11) is 0. The number of piperidine rings is 1. The number of alkyl halides is 3. The van der Waals surface area contributed by atoms with E-state index in [9.17, 15) is 18.0 Å². The number of hydrogen-bond acceptors (Lipinski definition) is 7. The second-order valence-corrected chi connectivity index (χ2v) is 7.25. The van der Waals surface area contributed by atoms with Gasteiger partial charge in [-0.15, -0.1) is 12.4 Å². The van der Waals surface area contributed by atoms with Gasteiger partial charge in [-0.2, -0.15) is 23.3 Å². The van der Waals surface area contributed by atoms with Crippen LogP contribution in [0.4, 0.5) is 13.2 Å². The summed E-state index contributed by atoms with van der Waals surface area (Å²) in [6.07, 6.45) is -0.211. The molecule has 168 valence electrons. The quantitative estimate of drug-likeness (QED) is 0.476. The van der Waals surface area contributed by atoms with Gasteiger partial charge in [0.15, 0.2) is 0 Å². The van der Waals surface area contributed by atoms with Crippen molar-refractivity contribution in [2.75, 3.05) is 13.1 Å². The molecule has 1 fully saturated rings. The molecule has 0 atom stereocenters. The first-order chi connectivity index (χ1) is 14.9. The lowest BCUT2D eigenvalue weighted by atomic mass is 9.94. The Hall–Kier alpha value is -3.25. The van der Waals surface area contributed by atoms with Gasteiger partial charge in [-0.1, -0.05) is 5.16 Å². The van der Waals surface area contributed by atoms with E-state index in [4.69, 9.17) is 4.52 Å². The fourth-order valence-electron chi connectivity index (χ4n) is 3.72. The van der Waals surface area contributed by atoms with Gasteiger partial charge in [-0.3, -0.25) is 9.78 Å². The third-order valence-electron chi connectivity index (χ3n) is 5.26. The number of rotatable bonds is 3. The van der Waals surface area contributed by atoms with Crippen molar-refractivity contribution in [2.45, 2.75) is 24.9 Å². The number of aromatic amines is 1. The number of halogens is 4. The molecule has 0 unspecified atom stereocenters. The van der Waals surface area contributed by atoms with Crippen LogP contribution >= 0.6 is 12.4 Å². The fourth-order valence-corrected chi connectivity index (χ4v) is 3.72. The third kappa shape index (κ3) is 3.98. The number of hydrogen-bond donors (Lipinski definition) is 2. The van der Waals surface area contributed by atoms with Crippen molar-refractivity contribution in [3.05, 3.63) is 52.3 Å². The lowest BCUT2D eigenvalue weighted by molar-refractivity contribution is -0.141. The molecule has 13 heteroatoms. The molecule has 0 spiro atoms. The lowest BCUT2D eigenvalue weighted by Crippen LogP contribution is -2.28. The highest BCUT2D eigenvalue weighted by atomic mass is 35.5. The first-order valence-electron chi connectivity index (χ1n) is 9.59. The summed E-state index contributed by atoms with van der Waals surface area (Å²) >= 11 is 0. The number of H-pyrrole nitrogens is 1. The van der Waals surface area contributed by atoms with Crippen molar-refractivity contribution < 1.29 is 17.7 Å². The minimum Gasteiger partial charge on any atom is -0.333 e. The smallest absolute Gasteiger partial charge is 0.333 e. The molecule has 1 saturated heterocycles. The van der Waals surface area contributed by atoms with Gasteiger partial charge in [-0.25, -0.2) is 4.52 Å². The van der Waals surface area contributed by atoms with E-state index in [0.717, 1.165) is 43.9 Å². The second kappa shape index (κ2) is 8.36. The Kier molecular flexibility index (Phi) is 5.73. The van der Waals surface area contributed by atoms with Gasteiger partial charge in [0.05, 0.1) is 11.9 Å². The van der Waals surface area contributed by atoms with Crippen LogP contribution in [-0.4, -0.2) is 42.8 Å². The van der Waals surface area contributed by atoms with E-state index in [2.05, 4.69) is 30.5 Å². The van der Waals surface area contributed by atoms with Gasteiger partial charge >= 0.3 is 6.18 Å². The Labute approximate surface area is 184 Å². The van der Waals surface area contributed by atoms with Crippen LogP contribution in [0.3, 0.4) is 0 Å². The molecular formula is C19H17ClF3N7O2. The van der Waals surface area contributed by atoms with Crippen LogP contribution in [0.25, 0.3) is 28.5 Å². The van der Waals surface area contributed by atoms with Crippen LogP contribution in [0.15, 0.2) is 39.9 Å². The molecule has 0 saturated carbocycles. The van der Waals surface area contributed by atoms with Crippen molar-refractivity contribution in [3.8, 4) is 22.8 Å². The Morgan fingerprint density at radius 3 is 2.62 bits per heavy atom. The number of fused-ring (bicyclic) bond motifs is 1. The van der Waals surface area contributed by atoms with E-state index >= 15 is 0 Å². The Morgan fingerprint density at radius 1 is 1.16 bits per heavy atom. The molecule has 0 amide bonds. The third-order valence-corrected chi connectivity index (χ3v) is 5.26. The van der Waals surface area contributed by atoms with Crippen molar-refractivity contribution >= 4 is 18.1 Å². The molecule has 0 aliphatic carbocycles. The summed E-state index contributed by atoms with van der Waals surface area (Å²) in [6.45, 7) is 1.72. The van der Waals surface area contributed by atoms with Gasteiger partial charge in [0.25, 0.3) is 11.4 Å². The van der Waals surface area contributed by atoms with Crippen LogP contribution in [0.1, 0.15) is 30.1 Å². The Balaban J connectivity index is 0.00000245. The predicted octanol–water partition coefficient (Wildman–Crippen LogP) is 3.04. The molecule has 4 aromatic rings. The molecule has 5 rings (SSSR count). The highest BCUT2D eigenvalue weighted by Crippen LogP contribution is 2.30. The summed E-state index contributed by atoms with van der Waals surface area (Å²) < 4.78 is 45.1. The highest BCUT2D eigenvalue weighted by Gasteiger charge is 2.32. The molecule has 4 aromatic heterocycles. The normalized spacial score (nSPS) is 15.1. The molecule has 32 heavy (non-hydrogen) atoms. The monoisotopic (exact) mass is 467 g/mol. The van der Waals surface area contributed by atoms with E-state index in [1.165, 1.54) is 12.3 Å². The highest BCUT2D eigenvalue weighted by molar-refractivity contribution is 5.85. The first-order valence-corrected chi connectivity index (χ1v) is 9.59. The van der Waals surface area contributed by atoms with Gasteiger partial charge in [0.1, 0.15) is 16.9 Å². The van der Waals surface area contributed by atoms with Crippen LogP contribution in [0, 0.1) is 0 Å². The molecule has 0 radical (unpaired) electrons. The zero-order valence-corrected chi connectivity index (χ0v) is 17.2. The molecule has 0 aromatic carbocycles. The minimum atomic E-state index is -4.53. The van der Waals surface area contributed by atoms with E-state index in [-0.39, 0.29) is 41.2 Å². The molecular weight excluding hydrogens is 451 g/mol. The maximum Gasteiger partial charge on any atom is 0.433 e. The average Bonchev–Trinajstić information content (AvgIpc) is 3.40. The van der Waals surface area contributed by atoms with E-state index < -0.39 is 11.9 Å². The lowest BCUT2D eigenvalue weighted by Gasteiger charge is -2.23. The number of nitrogens with one attached hydrogen (secondary N) is 2. The van der Waals surface area contributed by atoms with E-state index in [1.54, 1.807) is 10.6 Å². The first kappa shape index (κ1) is 22.0. The van der Waals surface area contributed by atoms with E-state index in [1.807, 2.05) is 0 Å². The second-order valence-electron chi connectivity index (χ2n) is 7.25. The largest absolute Gasteiger partial charge is 0.433 e. The molecule has 1 aliphatic heterocycles. The molecule has 9 nitrogen and oxygen atoms in total. The molecule has 5 heterocycles. The number of aromatic nitrogens is 6. The van der Waals surface area contributed by atoms with Crippen LogP contribution < -0.4 is 10.9 Å². The van der Waals surface area contributed by atoms with E-state index in [0.29, 0.717) is 11.2 Å². The number of pyridine rings is 1. The SMILES string of the molecule is Cl.O=c1cc(C2CCNCC2)n2ncc(-c3nc(-c4ccc(C(F)(F)F)nc4)no3)c2[nH]1. The van der Waals surface area contributed by atoms with Crippen LogP contribution in [-0.2, 0) is 6.18 Å². The summed E-state index contributed by atoms with van der Waals surface area (Å²) in [4.78, 5) is 22.7. The molecule has 2 N–H and O–H groups in total. The summed E-state index contributed by atoms with van der Waals surface area (Å²) in [5.74, 6) is 0.353. The Bertz CT molecular complexity index is 1290. The van der Waals surface area contributed by atoms with Gasteiger partial charge in [-0.05, 0) is 38.1 Å². The fraction of sp³-hybridized carbons (Fsp3) is 0.316. The number of nitrogens with zero attached hydrogens (tertiary/aromatic N) is 5. The Morgan fingerprint density at radius 2 is 1.94 bits per heavy atom. The van der Waals surface area contributed by atoms with Crippen molar-refractivity contribution in [2.24, 2.45) is 0 Å². The van der Waals surface area contributed by atoms with Crippen molar-refractivity contribution in [1.29, 1.82) is 0 Å². The standard InChI is InChI=1S/C19H16F3N7O2.ClH/c20-19(21,22)14-2-1-11(8-24-14)16-27-18(31-28-16)12-9-25-29-13(7-15(30)26-17(12)29)10-3-5-23-6-4-10;/h1-2,7-10,23H,3-6H2,(H,26,30);1H. The zero-order chi connectivity index (χ0) is 21.6. The summed E-state index contributed by atoms with van der Waals surface area (Å²) in [5.41, 5.74) is 0.634. The minimum absolute atomic E-state index is 0. The topological polar surface area (TPSA) is 114 Å². The maximum absolute atomic E-state index is 12.7. The zero-order valence-electron chi connectivity index (χ0n) is 16.4. The van der Waals surface area contributed by atoms with Crippen molar-refractivity contribution in [3.63, 3.8) is 0 Å². The molecule has 0 bridgehead atoms. The maximum atomic E-state index is 12.7. The van der Waals surface area contributed by atoms with Crippen LogP contribution in [0.5, 0.6) is 0 Å². The van der Waals surface area contributed by atoms with Crippen LogP contribution in [0.2, 0.25) is 0 Å². The van der Waals surface area contributed by atoms with Crippen molar-refractivity contribution in [1.82, 2.24) is 35.0 Å². The average molecular weight is 468 g/mol. The summed E-state index contributed by atoms with van der Waals surface area (Å²) in [5, 5.41) is 11.5. The molecule has 1 aliphatic rings. The predicted molar refractivity (Wildman–Crippen MR) is 109 cm³/mol.